The van der Waals surface area contributed by atoms with Crippen molar-refractivity contribution in [1.29, 1.82) is 0 Å². The lowest BCUT2D eigenvalue weighted by atomic mass is 10.1. The van der Waals surface area contributed by atoms with Crippen LogP contribution in [0.1, 0.15) is 20.9 Å². The number of carbonyl (C=O) groups is 1. The average molecular weight is 379 g/mol. The normalized spacial score (nSPS) is 11.0. The predicted molar refractivity (Wildman–Crippen MR) is 105 cm³/mol. The first-order valence-corrected chi connectivity index (χ1v) is 9.28. The highest BCUT2D eigenvalue weighted by molar-refractivity contribution is 7.09. The second-order valence-corrected chi connectivity index (χ2v) is 7.23. The van der Waals surface area contributed by atoms with Crippen molar-refractivity contribution in [3.63, 3.8) is 0 Å². The van der Waals surface area contributed by atoms with Crippen LogP contribution in [0.2, 0.25) is 0 Å². The van der Waals surface area contributed by atoms with E-state index in [1.807, 2.05) is 36.6 Å². The Kier molecular flexibility index (Phi) is 4.37. The van der Waals surface area contributed by atoms with Crippen molar-refractivity contribution in [1.82, 2.24) is 14.9 Å². The number of aromatic nitrogens is 2. The number of amides is 1. The Hall–Kier alpha value is -3.19. The van der Waals surface area contributed by atoms with Gasteiger partial charge in [-0.05, 0) is 31.2 Å². The minimum atomic E-state index is -0.389. The summed E-state index contributed by atoms with van der Waals surface area (Å²) < 4.78 is 6.69. The number of fused-ring (bicyclic) bond motifs is 1. The van der Waals surface area contributed by atoms with Gasteiger partial charge in [0.15, 0.2) is 5.58 Å². The van der Waals surface area contributed by atoms with Crippen molar-refractivity contribution in [3.8, 4) is 11.3 Å². The number of hydrogen-bond acceptors (Lipinski definition) is 5. The van der Waals surface area contributed by atoms with Crippen LogP contribution in [0.3, 0.4) is 0 Å². The molecule has 0 bridgehead atoms. The maximum atomic E-state index is 12.2. The molecule has 1 amide bonds. The van der Waals surface area contributed by atoms with E-state index in [1.54, 1.807) is 25.2 Å². The summed E-state index contributed by atoms with van der Waals surface area (Å²) in [5.41, 5.74) is 4.66. The zero-order valence-corrected chi connectivity index (χ0v) is 15.7. The van der Waals surface area contributed by atoms with Gasteiger partial charge in [-0.25, -0.2) is 9.78 Å². The molecular weight excluding hydrogens is 362 g/mol. The highest BCUT2D eigenvalue weighted by atomic mass is 32.1. The standard InChI is InChI=1S/C20H17N3O3S/c1-12-3-5-13(6-4-12)19(24)21-10-18-22-15(11-27-18)14-7-8-16-17(9-14)26-20(25)23(16)2/h3-9,11H,10H2,1-2H3,(H,21,24). The van der Waals surface area contributed by atoms with Crippen LogP contribution in [0.4, 0.5) is 0 Å². The van der Waals surface area contributed by atoms with Crippen LogP contribution in [0.5, 0.6) is 0 Å². The van der Waals surface area contributed by atoms with Crippen LogP contribution in [0.15, 0.2) is 57.1 Å². The average Bonchev–Trinajstić information content (AvgIpc) is 3.25. The van der Waals surface area contributed by atoms with E-state index in [1.165, 1.54) is 15.9 Å². The number of nitrogens with zero attached hydrogens (tertiary/aromatic N) is 2. The summed E-state index contributed by atoms with van der Waals surface area (Å²) in [5, 5.41) is 5.62. The number of thiazole rings is 1. The summed E-state index contributed by atoms with van der Waals surface area (Å²) in [6, 6.07) is 13.0. The summed E-state index contributed by atoms with van der Waals surface area (Å²) in [7, 11) is 1.67. The molecule has 2 aromatic heterocycles. The quantitative estimate of drug-likeness (QED) is 0.589. The fourth-order valence-corrected chi connectivity index (χ4v) is 3.52. The van der Waals surface area contributed by atoms with E-state index in [4.69, 9.17) is 4.42 Å². The molecular formula is C20H17N3O3S. The second kappa shape index (κ2) is 6.85. The Labute approximate surface area is 159 Å². The van der Waals surface area contributed by atoms with Crippen molar-refractivity contribution < 1.29 is 9.21 Å². The van der Waals surface area contributed by atoms with Crippen molar-refractivity contribution in [2.24, 2.45) is 7.05 Å². The first kappa shape index (κ1) is 17.2. The first-order valence-electron chi connectivity index (χ1n) is 8.40. The molecule has 6 nitrogen and oxygen atoms in total. The maximum absolute atomic E-state index is 12.2. The van der Waals surface area contributed by atoms with E-state index in [9.17, 15) is 9.59 Å². The van der Waals surface area contributed by atoms with Crippen LogP contribution in [-0.2, 0) is 13.6 Å². The van der Waals surface area contributed by atoms with E-state index in [-0.39, 0.29) is 11.7 Å². The number of benzene rings is 2. The van der Waals surface area contributed by atoms with Crippen molar-refractivity contribution in [3.05, 3.63) is 74.5 Å². The molecule has 2 heterocycles. The van der Waals surface area contributed by atoms with Gasteiger partial charge in [-0.1, -0.05) is 23.8 Å². The van der Waals surface area contributed by atoms with Crippen LogP contribution < -0.4 is 11.1 Å². The first-order chi connectivity index (χ1) is 13.0. The second-order valence-electron chi connectivity index (χ2n) is 6.28. The highest BCUT2D eigenvalue weighted by Crippen LogP contribution is 2.25. The molecule has 0 aliphatic rings. The van der Waals surface area contributed by atoms with Gasteiger partial charge in [0.05, 0.1) is 17.8 Å². The van der Waals surface area contributed by atoms with Gasteiger partial charge in [-0.3, -0.25) is 9.36 Å². The van der Waals surface area contributed by atoms with Crippen molar-refractivity contribution in [2.45, 2.75) is 13.5 Å². The smallest absolute Gasteiger partial charge is 0.408 e. The number of nitrogens with one attached hydrogen (secondary N) is 1. The number of oxazole rings is 1. The topological polar surface area (TPSA) is 77.1 Å². The van der Waals surface area contributed by atoms with Gasteiger partial charge in [-0.15, -0.1) is 11.3 Å². The van der Waals surface area contributed by atoms with Crippen molar-refractivity contribution >= 4 is 28.3 Å². The molecule has 2 aromatic carbocycles. The van der Waals surface area contributed by atoms with E-state index < -0.39 is 0 Å². The molecule has 4 rings (SSSR count). The van der Waals surface area contributed by atoms with Crippen LogP contribution in [0, 0.1) is 6.92 Å². The van der Waals surface area contributed by atoms with E-state index in [0.717, 1.165) is 27.3 Å². The number of hydrogen-bond donors (Lipinski definition) is 1. The molecule has 1 N–H and O–H groups in total. The Bertz CT molecular complexity index is 1190. The molecule has 7 heteroatoms. The van der Waals surface area contributed by atoms with Crippen molar-refractivity contribution in [2.75, 3.05) is 0 Å². The fourth-order valence-electron chi connectivity index (χ4n) is 2.78. The lowest BCUT2D eigenvalue weighted by Gasteiger charge is -2.03. The molecule has 0 radical (unpaired) electrons. The van der Waals surface area contributed by atoms with Gasteiger partial charge in [0.1, 0.15) is 5.01 Å². The van der Waals surface area contributed by atoms with Gasteiger partial charge >= 0.3 is 5.76 Å². The third-order valence-electron chi connectivity index (χ3n) is 4.35. The highest BCUT2D eigenvalue weighted by Gasteiger charge is 2.11. The largest absolute Gasteiger partial charge is 0.419 e. The van der Waals surface area contributed by atoms with Gasteiger partial charge in [0.2, 0.25) is 0 Å². The molecule has 136 valence electrons. The molecule has 27 heavy (non-hydrogen) atoms. The molecule has 4 aromatic rings. The predicted octanol–water partition coefficient (Wildman–Crippen LogP) is 3.49. The summed E-state index contributed by atoms with van der Waals surface area (Å²) in [6.45, 7) is 2.34. The van der Waals surface area contributed by atoms with Crippen LogP contribution in [-0.4, -0.2) is 15.5 Å². The molecule has 0 aliphatic carbocycles. The molecule has 0 fully saturated rings. The van der Waals surface area contributed by atoms with Gasteiger partial charge < -0.3 is 9.73 Å². The Morgan fingerprint density at radius 1 is 1.22 bits per heavy atom. The minimum absolute atomic E-state index is 0.126. The maximum Gasteiger partial charge on any atom is 0.419 e. The van der Waals surface area contributed by atoms with Gasteiger partial charge in [0, 0.05) is 23.6 Å². The van der Waals surface area contributed by atoms with Gasteiger partial charge in [0.25, 0.3) is 5.91 Å². The summed E-state index contributed by atoms with van der Waals surface area (Å²) >= 11 is 1.47. The molecule has 0 atom stereocenters. The summed E-state index contributed by atoms with van der Waals surface area (Å²) in [4.78, 5) is 28.4. The zero-order valence-electron chi connectivity index (χ0n) is 14.9. The summed E-state index contributed by atoms with van der Waals surface area (Å²) in [6.07, 6.45) is 0. The lowest BCUT2D eigenvalue weighted by molar-refractivity contribution is 0.0951. The molecule has 0 saturated heterocycles. The molecule has 0 spiro atoms. The number of carbonyl (C=O) groups excluding carboxylic acids is 1. The zero-order chi connectivity index (χ0) is 19.0. The summed E-state index contributed by atoms with van der Waals surface area (Å²) in [5.74, 6) is -0.515. The van der Waals surface area contributed by atoms with E-state index in [0.29, 0.717) is 17.7 Å². The number of rotatable bonds is 4. The Balaban J connectivity index is 1.49. The third-order valence-corrected chi connectivity index (χ3v) is 5.20. The third kappa shape index (κ3) is 3.41. The van der Waals surface area contributed by atoms with Crippen LogP contribution in [0.25, 0.3) is 22.4 Å². The fraction of sp³-hybridized carbons (Fsp3) is 0.150. The Morgan fingerprint density at radius 2 is 2.00 bits per heavy atom. The lowest BCUT2D eigenvalue weighted by Crippen LogP contribution is -2.22. The van der Waals surface area contributed by atoms with Gasteiger partial charge in [-0.2, -0.15) is 0 Å². The molecule has 0 saturated carbocycles. The monoisotopic (exact) mass is 379 g/mol. The molecule has 0 unspecified atom stereocenters. The SMILES string of the molecule is Cc1ccc(C(=O)NCc2nc(-c3ccc4c(c3)oc(=O)n4C)cs2)cc1. The van der Waals surface area contributed by atoms with Crippen LogP contribution >= 0.6 is 11.3 Å². The molecule has 0 aliphatic heterocycles. The van der Waals surface area contributed by atoms with E-state index in [2.05, 4.69) is 10.3 Å². The van der Waals surface area contributed by atoms with E-state index >= 15 is 0 Å². The minimum Gasteiger partial charge on any atom is -0.408 e. The number of aryl methyl sites for hydroxylation is 2. The Morgan fingerprint density at radius 3 is 2.78 bits per heavy atom.